The SMILES string of the molecule is NC(=O)CN=Cc1ccc([N+](=O)[O-])o1. The molecule has 2 N–H and O–H groups in total. The standard InChI is InChI=1S/C7H7N3O4/c8-6(11)4-9-3-5-1-2-7(14-5)10(12)13/h1-3H,4H2,(H2,8,11). The van der Waals surface area contributed by atoms with Gasteiger partial charge in [-0.05, 0) is 6.07 Å². The minimum atomic E-state index is -0.661. The number of nitro groups is 1. The van der Waals surface area contributed by atoms with Crippen LogP contribution in [0.4, 0.5) is 5.88 Å². The van der Waals surface area contributed by atoms with Gasteiger partial charge in [0.1, 0.15) is 11.5 Å². The van der Waals surface area contributed by atoms with Crippen LogP contribution in [0.2, 0.25) is 0 Å². The zero-order valence-electron chi connectivity index (χ0n) is 7.04. The van der Waals surface area contributed by atoms with E-state index in [0.717, 1.165) is 0 Å². The highest BCUT2D eigenvalue weighted by atomic mass is 16.6. The molecule has 7 nitrogen and oxygen atoms in total. The second-order valence-electron chi connectivity index (χ2n) is 2.37. The summed E-state index contributed by atoms with van der Waals surface area (Å²) < 4.78 is 4.73. The number of carbonyl (C=O) groups is 1. The molecule has 1 rings (SSSR count). The Morgan fingerprint density at radius 1 is 1.71 bits per heavy atom. The van der Waals surface area contributed by atoms with Crippen molar-refractivity contribution in [1.29, 1.82) is 0 Å². The topological polar surface area (TPSA) is 112 Å². The van der Waals surface area contributed by atoms with Gasteiger partial charge in [-0.1, -0.05) is 0 Å². The molecule has 0 aliphatic heterocycles. The fourth-order valence-corrected chi connectivity index (χ4v) is 0.735. The zero-order valence-corrected chi connectivity index (χ0v) is 7.04. The van der Waals surface area contributed by atoms with Crippen LogP contribution < -0.4 is 5.73 Å². The fraction of sp³-hybridized carbons (Fsp3) is 0.143. The van der Waals surface area contributed by atoms with E-state index >= 15 is 0 Å². The summed E-state index contributed by atoms with van der Waals surface area (Å²) in [6.07, 6.45) is 1.21. The van der Waals surface area contributed by atoms with Gasteiger partial charge in [-0.3, -0.25) is 19.9 Å². The number of rotatable bonds is 4. The van der Waals surface area contributed by atoms with Gasteiger partial charge in [-0.15, -0.1) is 0 Å². The summed E-state index contributed by atoms with van der Waals surface area (Å²) in [5, 5.41) is 10.2. The van der Waals surface area contributed by atoms with Crippen molar-refractivity contribution in [3.8, 4) is 0 Å². The van der Waals surface area contributed by atoms with Crippen molar-refractivity contribution in [3.05, 3.63) is 28.0 Å². The Morgan fingerprint density at radius 2 is 2.43 bits per heavy atom. The van der Waals surface area contributed by atoms with Gasteiger partial charge in [0, 0.05) is 0 Å². The fourth-order valence-electron chi connectivity index (χ4n) is 0.735. The first-order valence-electron chi connectivity index (χ1n) is 3.62. The van der Waals surface area contributed by atoms with Crippen LogP contribution in [0.25, 0.3) is 0 Å². The van der Waals surface area contributed by atoms with Gasteiger partial charge in [-0.2, -0.15) is 0 Å². The molecule has 0 aromatic carbocycles. The van der Waals surface area contributed by atoms with Crippen LogP contribution in [0.15, 0.2) is 21.5 Å². The third-order valence-corrected chi connectivity index (χ3v) is 1.26. The largest absolute Gasteiger partial charge is 0.433 e. The molecule has 0 aliphatic carbocycles. The monoisotopic (exact) mass is 197 g/mol. The summed E-state index contributed by atoms with van der Waals surface area (Å²) in [5.41, 5.74) is 4.82. The number of furan rings is 1. The molecule has 1 heterocycles. The normalized spacial score (nSPS) is 10.6. The van der Waals surface area contributed by atoms with E-state index in [-0.39, 0.29) is 18.2 Å². The van der Waals surface area contributed by atoms with E-state index < -0.39 is 10.8 Å². The van der Waals surface area contributed by atoms with Crippen LogP contribution in [0.1, 0.15) is 5.76 Å². The molecule has 0 bridgehead atoms. The van der Waals surface area contributed by atoms with Crippen molar-refractivity contribution in [2.24, 2.45) is 10.7 Å². The molecule has 14 heavy (non-hydrogen) atoms. The molecule has 0 radical (unpaired) electrons. The third kappa shape index (κ3) is 2.70. The van der Waals surface area contributed by atoms with E-state index in [2.05, 4.69) is 4.99 Å². The average Bonchev–Trinajstić information content (AvgIpc) is 2.52. The van der Waals surface area contributed by atoms with E-state index in [9.17, 15) is 14.9 Å². The number of aliphatic imine (C=N–C) groups is 1. The molecular weight excluding hydrogens is 190 g/mol. The lowest BCUT2D eigenvalue weighted by Crippen LogP contribution is -2.13. The molecule has 0 spiro atoms. The number of carbonyl (C=O) groups excluding carboxylic acids is 1. The van der Waals surface area contributed by atoms with Crippen LogP contribution in [0.3, 0.4) is 0 Å². The molecule has 1 aromatic rings. The van der Waals surface area contributed by atoms with E-state index in [1.165, 1.54) is 18.3 Å². The number of nitrogens with zero attached hydrogens (tertiary/aromatic N) is 2. The summed E-state index contributed by atoms with van der Waals surface area (Å²) in [6.45, 7) is -0.172. The first-order chi connectivity index (χ1) is 6.59. The summed E-state index contributed by atoms with van der Waals surface area (Å²) >= 11 is 0. The molecule has 0 saturated carbocycles. The van der Waals surface area contributed by atoms with Gasteiger partial charge in [0.25, 0.3) is 0 Å². The molecule has 0 fully saturated rings. The molecule has 1 amide bonds. The minimum Gasteiger partial charge on any atom is -0.400 e. The van der Waals surface area contributed by atoms with E-state index in [4.69, 9.17) is 10.2 Å². The lowest BCUT2D eigenvalue weighted by atomic mass is 10.5. The Hall–Kier alpha value is -2.18. The van der Waals surface area contributed by atoms with E-state index in [1.807, 2.05) is 0 Å². The minimum absolute atomic E-state index is 0.172. The Morgan fingerprint density at radius 3 is 2.93 bits per heavy atom. The van der Waals surface area contributed by atoms with Crippen LogP contribution in [0, 0.1) is 10.1 Å². The maximum Gasteiger partial charge on any atom is 0.433 e. The average molecular weight is 197 g/mol. The molecule has 0 aliphatic rings. The molecule has 1 aromatic heterocycles. The predicted molar refractivity (Wildman–Crippen MR) is 47.0 cm³/mol. The zero-order chi connectivity index (χ0) is 10.6. The van der Waals surface area contributed by atoms with Crippen molar-refractivity contribution < 1.29 is 14.1 Å². The van der Waals surface area contributed by atoms with Crippen LogP contribution in [-0.4, -0.2) is 23.6 Å². The molecule has 7 heteroatoms. The van der Waals surface area contributed by atoms with Crippen molar-refractivity contribution in [1.82, 2.24) is 0 Å². The number of amides is 1. The second kappa shape index (κ2) is 4.17. The predicted octanol–water partition coefficient (Wildman–Crippen LogP) is 0.0920. The Kier molecular flexibility index (Phi) is 2.95. The molecular formula is C7H7N3O4. The number of hydrogen-bond donors (Lipinski definition) is 1. The highest BCUT2D eigenvalue weighted by Crippen LogP contribution is 2.13. The van der Waals surface area contributed by atoms with Gasteiger partial charge in [-0.25, -0.2) is 0 Å². The summed E-state index contributed by atoms with van der Waals surface area (Å²) in [6, 6.07) is 2.58. The summed E-state index contributed by atoms with van der Waals surface area (Å²) in [4.78, 5) is 23.4. The third-order valence-electron chi connectivity index (χ3n) is 1.26. The quantitative estimate of drug-likeness (QED) is 0.418. The number of primary amides is 1. The molecule has 74 valence electrons. The molecule has 0 saturated heterocycles. The summed E-state index contributed by atoms with van der Waals surface area (Å²) in [7, 11) is 0. The van der Waals surface area contributed by atoms with Crippen LogP contribution >= 0.6 is 0 Å². The number of hydrogen-bond acceptors (Lipinski definition) is 5. The van der Waals surface area contributed by atoms with Gasteiger partial charge < -0.3 is 10.2 Å². The second-order valence-corrected chi connectivity index (χ2v) is 2.37. The number of nitrogens with two attached hydrogens (primary N) is 1. The van der Waals surface area contributed by atoms with Gasteiger partial charge in [0.05, 0.1) is 12.3 Å². The van der Waals surface area contributed by atoms with Crippen molar-refractivity contribution in [2.75, 3.05) is 6.54 Å². The van der Waals surface area contributed by atoms with Crippen LogP contribution in [-0.2, 0) is 4.79 Å². The van der Waals surface area contributed by atoms with Crippen molar-refractivity contribution >= 4 is 18.0 Å². The molecule has 0 unspecified atom stereocenters. The van der Waals surface area contributed by atoms with Gasteiger partial charge in [0.2, 0.25) is 5.91 Å². The molecule has 0 atom stereocenters. The smallest absolute Gasteiger partial charge is 0.400 e. The van der Waals surface area contributed by atoms with Crippen molar-refractivity contribution in [3.63, 3.8) is 0 Å². The summed E-state index contributed by atoms with van der Waals surface area (Å²) in [5.74, 6) is -0.745. The first-order valence-corrected chi connectivity index (χ1v) is 3.62. The lowest BCUT2D eigenvalue weighted by molar-refractivity contribution is -0.402. The lowest BCUT2D eigenvalue weighted by Gasteiger charge is -1.85. The maximum absolute atomic E-state index is 10.3. The highest BCUT2D eigenvalue weighted by molar-refractivity contribution is 5.81. The van der Waals surface area contributed by atoms with Gasteiger partial charge >= 0.3 is 5.88 Å². The Bertz CT molecular complexity index is 382. The maximum atomic E-state index is 10.3. The van der Waals surface area contributed by atoms with Crippen LogP contribution in [0.5, 0.6) is 0 Å². The van der Waals surface area contributed by atoms with E-state index in [1.54, 1.807) is 0 Å². The Labute approximate surface area is 78.4 Å². The van der Waals surface area contributed by atoms with Crippen molar-refractivity contribution in [2.45, 2.75) is 0 Å². The first kappa shape index (κ1) is 9.90. The van der Waals surface area contributed by atoms with Gasteiger partial charge in [0.15, 0.2) is 5.76 Å². The van der Waals surface area contributed by atoms with E-state index in [0.29, 0.717) is 0 Å². The highest BCUT2D eigenvalue weighted by Gasteiger charge is 2.09. The Balaban J connectivity index is 2.64.